The maximum Gasteiger partial charge on any atom is 0.320 e. The van der Waals surface area contributed by atoms with Crippen LogP contribution in [0.4, 0.5) is 18.3 Å². The minimum absolute atomic E-state index is 0.0401. The number of imidazole rings is 1. The lowest BCUT2D eigenvalue weighted by molar-refractivity contribution is -0.115. The van der Waals surface area contributed by atoms with Crippen LogP contribution >= 0.6 is 11.3 Å². The van der Waals surface area contributed by atoms with Crippen LogP contribution in [0.15, 0.2) is 36.7 Å². The molecule has 3 rings (SSSR count). The molecular formula is C17H14F3N5O2S. The molecule has 11 heteroatoms. The number of carbonyl (C=O) groups is 2. The molecule has 2 N–H and O–H groups in total. The lowest BCUT2D eigenvalue weighted by Crippen LogP contribution is -2.33. The van der Waals surface area contributed by atoms with Crippen molar-refractivity contribution in [2.75, 3.05) is 11.9 Å². The largest absolute Gasteiger partial charge is 0.343 e. The second-order valence-electron chi connectivity index (χ2n) is 5.58. The first-order chi connectivity index (χ1) is 13.4. The Morgan fingerprint density at radius 2 is 2.04 bits per heavy atom. The maximum absolute atomic E-state index is 13.6. The van der Waals surface area contributed by atoms with Gasteiger partial charge in [0.15, 0.2) is 11.0 Å². The zero-order valence-electron chi connectivity index (χ0n) is 14.4. The van der Waals surface area contributed by atoms with E-state index in [0.717, 1.165) is 23.6 Å². The molecule has 2 heterocycles. The second-order valence-corrected chi connectivity index (χ2v) is 6.58. The van der Waals surface area contributed by atoms with Gasteiger partial charge in [-0.3, -0.25) is 14.2 Å². The molecule has 3 aromatic rings. The molecule has 0 saturated carbocycles. The summed E-state index contributed by atoms with van der Waals surface area (Å²) in [5.74, 6) is -1.99. The second kappa shape index (κ2) is 8.21. The predicted octanol–water partition coefficient (Wildman–Crippen LogP) is 3.22. The van der Waals surface area contributed by atoms with E-state index in [9.17, 15) is 22.8 Å². The molecular weight excluding hydrogens is 395 g/mol. The van der Waals surface area contributed by atoms with Gasteiger partial charge in [-0.2, -0.15) is 8.78 Å². The van der Waals surface area contributed by atoms with Crippen LogP contribution in [-0.2, 0) is 4.79 Å². The molecule has 7 nitrogen and oxygen atoms in total. The summed E-state index contributed by atoms with van der Waals surface area (Å²) in [4.78, 5) is 32.4. The Kier molecular flexibility index (Phi) is 5.73. The third kappa shape index (κ3) is 4.19. The Bertz CT molecular complexity index is 1020. The molecule has 0 aliphatic carbocycles. The molecule has 1 aromatic carbocycles. The molecule has 0 atom stereocenters. The average Bonchev–Trinajstić information content (AvgIpc) is 3.26. The Hall–Kier alpha value is -3.21. The lowest BCUT2D eigenvalue weighted by atomic mass is 10.2. The number of aromatic nitrogens is 3. The first kappa shape index (κ1) is 19.5. The molecule has 0 radical (unpaired) electrons. The summed E-state index contributed by atoms with van der Waals surface area (Å²) in [7, 11) is 0. The number of hydrogen-bond donors (Lipinski definition) is 2. The number of rotatable bonds is 6. The van der Waals surface area contributed by atoms with E-state index in [-0.39, 0.29) is 16.5 Å². The van der Waals surface area contributed by atoms with Crippen molar-refractivity contribution in [3.8, 4) is 10.7 Å². The van der Waals surface area contributed by atoms with Gasteiger partial charge in [-0.25, -0.2) is 14.4 Å². The van der Waals surface area contributed by atoms with Crippen LogP contribution < -0.4 is 10.6 Å². The summed E-state index contributed by atoms with van der Waals surface area (Å²) in [6.45, 7) is -1.57. The van der Waals surface area contributed by atoms with E-state index in [1.165, 1.54) is 24.4 Å². The van der Waals surface area contributed by atoms with Crippen molar-refractivity contribution in [3.05, 3.63) is 53.7 Å². The van der Waals surface area contributed by atoms with Crippen molar-refractivity contribution in [1.82, 2.24) is 19.9 Å². The van der Waals surface area contributed by atoms with Crippen molar-refractivity contribution >= 4 is 28.3 Å². The normalized spacial score (nSPS) is 10.9. The van der Waals surface area contributed by atoms with E-state index in [1.54, 1.807) is 6.92 Å². The van der Waals surface area contributed by atoms with Gasteiger partial charge in [0.25, 0.3) is 5.91 Å². The highest BCUT2D eigenvalue weighted by molar-refractivity contribution is 7.19. The van der Waals surface area contributed by atoms with E-state index in [4.69, 9.17) is 0 Å². The van der Waals surface area contributed by atoms with Gasteiger partial charge in [0, 0.05) is 12.4 Å². The monoisotopic (exact) mass is 409 g/mol. The summed E-state index contributed by atoms with van der Waals surface area (Å²) in [5, 5.41) is 4.94. The molecule has 0 spiro atoms. The number of halogens is 3. The molecule has 0 aliphatic heterocycles. The van der Waals surface area contributed by atoms with Gasteiger partial charge in [-0.1, -0.05) is 23.5 Å². The van der Waals surface area contributed by atoms with Gasteiger partial charge < -0.3 is 10.6 Å². The van der Waals surface area contributed by atoms with Gasteiger partial charge in [0.05, 0.1) is 22.7 Å². The molecule has 0 unspecified atom stereocenters. The van der Waals surface area contributed by atoms with Gasteiger partial charge in [-0.15, -0.1) is 0 Å². The fraction of sp³-hybridized carbons (Fsp3) is 0.176. The van der Waals surface area contributed by atoms with Crippen LogP contribution in [0.2, 0.25) is 0 Å². The number of hydrogen-bond acceptors (Lipinski definition) is 5. The highest BCUT2D eigenvalue weighted by atomic mass is 32.1. The van der Waals surface area contributed by atoms with Crippen LogP contribution in [0.3, 0.4) is 0 Å². The highest BCUT2D eigenvalue weighted by Crippen LogP contribution is 2.33. The number of anilines is 1. The fourth-order valence-corrected chi connectivity index (χ4v) is 3.35. The summed E-state index contributed by atoms with van der Waals surface area (Å²) in [6, 6.07) is 5.38. The van der Waals surface area contributed by atoms with Crippen LogP contribution in [0.1, 0.15) is 22.6 Å². The standard InChI is InChI=1S/C17H14F3N5O2S/c1-9-13(14-21-6-7-25(14)16(19)20)28-17(23-9)24-12(26)8-22-15(27)10-4-2-3-5-11(10)18/h2-7,16H,8H2,1H3,(H,22,27)(H,23,24,26). The van der Waals surface area contributed by atoms with Gasteiger partial charge in [0.2, 0.25) is 5.91 Å². The molecule has 146 valence electrons. The van der Waals surface area contributed by atoms with Gasteiger partial charge in [0.1, 0.15) is 5.82 Å². The minimum atomic E-state index is -2.76. The topological polar surface area (TPSA) is 88.9 Å². The third-order valence-electron chi connectivity index (χ3n) is 3.65. The maximum atomic E-state index is 13.6. The number of nitrogens with one attached hydrogen (secondary N) is 2. The zero-order chi connectivity index (χ0) is 20.3. The Morgan fingerprint density at radius 1 is 1.29 bits per heavy atom. The Balaban J connectivity index is 1.64. The van der Waals surface area contributed by atoms with E-state index >= 15 is 0 Å². The first-order valence-electron chi connectivity index (χ1n) is 7.98. The number of thiazole rings is 1. The summed E-state index contributed by atoms with van der Waals surface area (Å²) in [6.07, 6.45) is 2.40. The highest BCUT2D eigenvalue weighted by Gasteiger charge is 2.19. The van der Waals surface area contributed by atoms with Crippen LogP contribution in [0.5, 0.6) is 0 Å². The van der Waals surface area contributed by atoms with E-state index in [2.05, 4.69) is 20.6 Å². The summed E-state index contributed by atoms with van der Waals surface area (Å²) < 4.78 is 40.3. The smallest absolute Gasteiger partial charge is 0.320 e. The van der Waals surface area contributed by atoms with Crippen LogP contribution in [-0.4, -0.2) is 32.9 Å². The average molecular weight is 409 g/mol. The van der Waals surface area contributed by atoms with Crippen LogP contribution in [0, 0.1) is 12.7 Å². The molecule has 2 amide bonds. The molecule has 0 fully saturated rings. The quantitative estimate of drug-likeness (QED) is 0.654. The third-order valence-corrected chi connectivity index (χ3v) is 4.72. The van der Waals surface area contributed by atoms with Crippen molar-refractivity contribution < 1.29 is 22.8 Å². The van der Waals surface area contributed by atoms with E-state index < -0.39 is 30.7 Å². The lowest BCUT2D eigenvalue weighted by Gasteiger charge is -2.06. The SMILES string of the molecule is Cc1nc(NC(=O)CNC(=O)c2ccccc2F)sc1-c1nccn1C(F)F. The number of amides is 2. The van der Waals surface area contributed by atoms with Crippen LogP contribution in [0.25, 0.3) is 10.7 Å². The number of carbonyl (C=O) groups excluding carboxylic acids is 2. The zero-order valence-corrected chi connectivity index (χ0v) is 15.3. The van der Waals surface area contributed by atoms with E-state index in [0.29, 0.717) is 15.1 Å². The predicted molar refractivity (Wildman–Crippen MR) is 96.7 cm³/mol. The van der Waals surface area contributed by atoms with Crippen molar-refractivity contribution in [2.24, 2.45) is 0 Å². The van der Waals surface area contributed by atoms with Gasteiger partial charge in [-0.05, 0) is 19.1 Å². The first-order valence-corrected chi connectivity index (χ1v) is 8.80. The molecule has 2 aromatic heterocycles. The van der Waals surface area contributed by atoms with Crippen molar-refractivity contribution in [1.29, 1.82) is 0 Å². The molecule has 0 saturated heterocycles. The van der Waals surface area contributed by atoms with Gasteiger partial charge >= 0.3 is 6.55 Å². The minimum Gasteiger partial charge on any atom is -0.343 e. The molecule has 28 heavy (non-hydrogen) atoms. The van der Waals surface area contributed by atoms with E-state index in [1.807, 2.05) is 0 Å². The fourth-order valence-electron chi connectivity index (χ4n) is 2.37. The number of nitrogens with zero attached hydrogens (tertiary/aromatic N) is 3. The number of aryl methyl sites for hydroxylation is 1. The molecule has 0 aliphatic rings. The van der Waals surface area contributed by atoms with Crippen molar-refractivity contribution in [2.45, 2.75) is 13.5 Å². The Morgan fingerprint density at radius 3 is 2.75 bits per heavy atom. The summed E-state index contributed by atoms with van der Waals surface area (Å²) in [5.41, 5.74) is 0.241. The summed E-state index contributed by atoms with van der Waals surface area (Å²) >= 11 is 0.978. The Labute approximate surface area is 161 Å². The molecule has 0 bridgehead atoms. The number of benzene rings is 1. The number of alkyl halides is 2. The van der Waals surface area contributed by atoms with Crippen molar-refractivity contribution in [3.63, 3.8) is 0 Å².